The van der Waals surface area contributed by atoms with E-state index in [0.29, 0.717) is 17.5 Å². The maximum atomic E-state index is 12.8. The molecule has 4 nitrogen and oxygen atoms in total. The number of aromatic hydroxyl groups is 2. The summed E-state index contributed by atoms with van der Waals surface area (Å²) in [7, 11) is 1.45. The van der Waals surface area contributed by atoms with E-state index in [4.69, 9.17) is 4.74 Å². The van der Waals surface area contributed by atoms with Crippen molar-refractivity contribution in [2.24, 2.45) is 0 Å². The Balaban J connectivity index is 2.41. The van der Waals surface area contributed by atoms with E-state index in [0.717, 1.165) is 24.0 Å². The fraction of sp³-hybridized carbons (Fsp3) is 0.381. The SMILES string of the molecule is C=CCc1c(O)c2c(c(O)c1OC)[C@@]1(C)CCC(C)=C(C)C1=CC2=O. The van der Waals surface area contributed by atoms with Crippen molar-refractivity contribution in [3.8, 4) is 17.2 Å². The van der Waals surface area contributed by atoms with Gasteiger partial charge in [-0.2, -0.15) is 0 Å². The summed E-state index contributed by atoms with van der Waals surface area (Å²) in [5, 5.41) is 21.8. The molecular weight excluding hydrogens is 316 g/mol. The van der Waals surface area contributed by atoms with Crippen LogP contribution in [0.15, 0.2) is 35.5 Å². The largest absolute Gasteiger partial charge is 0.507 e. The van der Waals surface area contributed by atoms with Gasteiger partial charge in [-0.1, -0.05) is 18.6 Å². The third-order valence-electron chi connectivity index (χ3n) is 5.76. The Bertz CT molecular complexity index is 857. The van der Waals surface area contributed by atoms with Crippen LogP contribution in [0.1, 0.15) is 55.1 Å². The molecule has 3 rings (SSSR count). The third kappa shape index (κ3) is 2.24. The Hall–Kier alpha value is -2.49. The Morgan fingerprint density at radius 1 is 1.32 bits per heavy atom. The van der Waals surface area contributed by atoms with E-state index >= 15 is 0 Å². The summed E-state index contributed by atoms with van der Waals surface area (Å²) in [5.74, 6) is -0.233. The molecule has 0 fully saturated rings. The molecule has 1 atom stereocenters. The van der Waals surface area contributed by atoms with E-state index in [1.54, 1.807) is 12.2 Å². The number of rotatable bonds is 3. The van der Waals surface area contributed by atoms with Gasteiger partial charge in [0.1, 0.15) is 5.75 Å². The number of ketones is 1. The van der Waals surface area contributed by atoms with Crippen LogP contribution in [0.3, 0.4) is 0 Å². The highest BCUT2D eigenvalue weighted by atomic mass is 16.5. The molecular formula is C21H24O4. The number of ether oxygens (including phenoxy) is 1. The van der Waals surface area contributed by atoms with Crippen LogP contribution in [-0.4, -0.2) is 23.1 Å². The topological polar surface area (TPSA) is 66.8 Å². The van der Waals surface area contributed by atoms with Crippen LogP contribution in [-0.2, 0) is 11.8 Å². The van der Waals surface area contributed by atoms with Crippen molar-refractivity contribution in [1.82, 2.24) is 0 Å². The molecule has 1 aromatic carbocycles. The molecule has 0 bridgehead atoms. The molecule has 0 unspecified atom stereocenters. The van der Waals surface area contributed by atoms with Gasteiger partial charge in [0.25, 0.3) is 0 Å². The van der Waals surface area contributed by atoms with Crippen LogP contribution in [0.5, 0.6) is 17.2 Å². The smallest absolute Gasteiger partial charge is 0.190 e. The second-order valence-electron chi connectivity index (χ2n) is 7.11. The predicted octanol–water partition coefficient (Wildman–Crippen LogP) is 4.35. The summed E-state index contributed by atoms with van der Waals surface area (Å²) >= 11 is 0. The molecule has 0 aliphatic heterocycles. The number of hydrogen-bond acceptors (Lipinski definition) is 4. The number of phenolic OH excluding ortho intramolecular Hbond substituents is 2. The number of phenols is 2. The van der Waals surface area contributed by atoms with E-state index in [1.165, 1.54) is 12.7 Å². The fourth-order valence-corrected chi connectivity index (χ4v) is 4.22. The van der Waals surface area contributed by atoms with Crippen LogP contribution < -0.4 is 4.74 Å². The zero-order chi connectivity index (χ0) is 18.5. The lowest BCUT2D eigenvalue weighted by Crippen LogP contribution is -2.35. The number of carbonyl (C=O) groups is 1. The second kappa shape index (κ2) is 5.80. The number of methoxy groups -OCH3 is 1. The Morgan fingerprint density at radius 3 is 2.60 bits per heavy atom. The number of carbonyl (C=O) groups excluding carboxylic acids is 1. The monoisotopic (exact) mass is 340 g/mol. The molecule has 2 aliphatic carbocycles. The first-order valence-corrected chi connectivity index (χ1v) is 8.47. The van der Waals surface area contributed by atoms with E-state index in [1.807, 2.05) is 13.8 Å². The Morgan fingerprint density at radius 2 is 2.00 bits per heavy atom. The van der Waals surface area contributed by atoms with Crippen LogP contribution in [0.4, 0.5) is 0 Å². The van der Waals surface area contributed by atoms with Crippen molar-refractivity contribution in [1.29, 1.82) is 0 Å². The van der Waals surface area contributed by atoms with Crippen LogP contribution in [0, 0.1) is 0 Å². The minimum absolute atomic E-state index is 0.0547. The van der Waals surface area contributed by atoms with Crippen molar-refractivity contribution in [2.75, 3.05) is 7.11 Å². The summed E-state index contributed by atoms with van der Waals surface area (Å²) in [6.45, 7) is 9.78. The molecule has 132 valence electrons. The molecule has 0 spiro atoms. The van der Waals surface area contributed by atoms with Crippen molar-refractivity contribution in [2.45, 2.75) is 45.4 Å². The first-order valence-electron chi connectivity index (χ1n) is 8.47. The Kier molecular flexibility index (Phi) is 4.02. The van der Waals surface area contributed by atoms with Gasteiger partial charge in [0.2, 0.25) is 0 Å². The molecule has 0 heterocycles. The highest BCUT2D eigenvalue weighted by Crippen LogP contribution is 2.56. The van der Waals surface area contributed by atoms with Gasteiger partial charge in [0.05, 0.1) is 12.7 Å². The van der Waals surface area contributed by atoms with Gasteiger partial charge in [-0.05, 0) is 50.3 Å². The maximum Gasteiger partial charge on any atom is 0.190 e. The molecule has 0 aromatic heterocycles. The lowest BCUT2D eigenvalue weighted by atomic mass is 9.61. The first kappa shape index (κ1) is 17.3. The molecule has 4 heteroatoms. The number of hydrogen-bond donors (Lipinski definition) is 2. The zero-order valence-corrected chi connectivity index (χ0v) is 15.2. The summed E-state index contributed by atoms with van der Waals surface area (Å²) in [5.41, 5.74) is 3.77. The van der Waals surface area contributed by atoms with Crippen molar-refractivity contribution < 1.29 is 19.7 Å². The molecule has 2 N–H and O–H groups in total. The number of fused-ring (bicyclic) bond motifs is 3. The standard InChI is InChI=1S/C21H24O4/c1-6-7-13-18(23)16-15(22)10-14-12(3)11(2)8-9-21(14,4)17(16)19(24)20(13)25-5/h6,10,23-24H,1,7-9H2,2-5H3/t21-/m0/s1. The lowest BCUT2D eigenvalue weighted by molar-refractivity contribution is 0.103. The van der Waals surface area contributed by atoms with Gasteiger partial charge in [-0.25, -0.2) is 0 Å². The minimum Gasteiger partial charge on any atom is -0.507 e. The quantitative estimate of drug-likeness (QED) is 0.634. The summed E-state index contributed by atoms with van der Waals surface area (Å²) < 4.78 is 5.38. The number of benzene rings is 1. The average molecular weight is 340 g/mol. The zero-order valence-electron chi connectivity index (χ0n) is 15.2. The van der Waals surface area contributed by atoms with E-state index in [2.05, 4.69) is 13.5 Å². The predicted molar refractivity (Wildman–Crippen MR) is 97.6 cm³/mol. The summed E-state index contributed by atoms with van der Waals surface area (Å²) in [6.07, 6.45) is 5.16. The van der Waals surface area contributed by atoms with Crippen molar-refractivity contribution >= 4 is 5.78 Å². The molecule has 1 aromatic rings. The molecule has 0 radical (unpaired) electrons. The van der Waals surface area contributed by atoms with Crippen LogP contribution in [0.25, 0.3) is 0 Å². The van der Waals surface area contributed by atoms with E-state index in [9.17, 15) is 15.0 Å². The summed E-state index contributed by atoms with van der Waals surface area (Å²) in [6, 6.07) is 0. The molecule has 0 saturated heterocycles. The van der Waals surface area contributed by atoms with Crippen molar-refractivity contribution in [3.05, 3.63) is 52.1 Å². The van der Waals surface area contributed by atoms with Crippen LogP contribution >= 0.6 is 0 Å². The van der Waals surface area contributed by atoms with Gasteiger partial charge < -0.3 is 14.9 Å². The minimum atomic E-state index is -0.533. The lowest BCUT2D eigenvalue weighted by Gasteiger charge is -2.42. The molecule has 2 aliphatic rings. The molecule has 25 heavy (non-hydrogen) atoms. The van der Waals surface area contributed by atoms with Gasteiger partial charge in [0.15, 0.2) is 17.3 Å². The Labute approximate surface area is 148 Å². The van der Waals surface area contributed by atoms with Gasteiger partial charge >= 0.3 is 0 Å². The average Bonchev–Trinajstić information content (AvgIpc) is 2.57. The second-order valence-corrected chi connectivity index (χ2v) is 7.11. The first-order chi connectivity index (χ1) is 11.8. The normalized spacial score (nSPS) is 22.2. The molecule has 0 saturated carbocycles. The highest BCUT2D eigenvalue weighted by molar-refractivity contribution is 6.12. The van der Waals surface area contributed by atoms with Gasteiger partial charge in [-0.15, -0.1) is 6.58 Å². The van der Waals surface area contributed by atoms with E-state index < -0.39 is 5.41 Å². The van der Waals surface area contributed by atoms with Gasteiger partial charge in [0, 0.05) is 16.5 Å². The third-order valence-corrected chi connectivity index (χ3v) is 5.76. The van der Waals surface area contributed by atoms with Crippen molar-refractivity contribution in [3.63, 3.8) is 0 Å². The highest BCUT2D eigenvalue weighted by Gasteiger charge is 2.45. The maximum absolute atomic E-state index is 12.8. The number of allylic oxidation sites excluding steroid dienone is 5. The van der Waals surface area contributed by atoms with Crippen LogP contribution in [0.2, 0.25) is 0 Å². The summed E-state index contributed by atoms with van der Waals surface area (Å²) in [4.78, 5) is 12.8. The fourth-order valence-electron chi connectivity index (χ4n) is 4.22. The molecule has 0 amide bonds. The van der Waals surface area contributed by atoms with E-state index in [-0.39, 0.29) is 28.6 Å². The van der Waals surface area contributed by atoms with Gasteiger partial charge in [-0.3, -0.25) is 4.79 Å².